The van der Waals surface area contributed by atoms with Crippen LogP contribution in [0.5, 0.6) is 0 Å². The lowest BCUT2D eigenvalue weighted by Gasteiger charge is -2.07. The van der Waals surface area contributed by atoms with Gasteiger partial charge in [-0.1, -0.05) is 11.8 Å². The molecule has 2 amide bonds. The normalized spacial score (nSPS) is 14.3. The lowest BCUT2D eigenvalue weighted by Crippen LogP contribution is -2.42. The van der Waals surface area contributed by atoms with E-state index in [0.29, 0.717) is 22.2 Å². The highest BCUT2D eigenvalue weighted by molar-refractivity contribution is 7.99. The number of amides is 2. The number of halogens is 2. The minimum atomic E-state index is -2.49. The topological polar surface area (TPSA) is 58.2 Å². The molecule has 1 fully saturated rings. The molecule has 7 heteroatoms. The van der Waals surface area contributed by atoms with E-state index >= 15 is 0 Å². The minimum Gasteiger partial charge on any atom is -0.273 e. The van der Waals surface area contributed by atoms with Crippen molar-refractivity contribution in [3.05, 3.63) is 29.8 Å². The van der Waals surface area contributed by atoms with Gasteiger partial charge in [-0.25, -0.2) is 0 Å². The Balaban J connectivity index is 1.86. The number of benzene rings is 1. The van der Waals surface area contributed by atoms with Crippen molar-refractivity contribution in [3.63, 3.8) is 0 Å². The van der Waals surface area contributed by atoms with Crippen LogP contribution >= 0.6 is 11.8 Å². The summed E-state index contributed by atoms with van der Waals surface area (Å²) in [4.78, 5) is 23.3. The van der Waals surface area contributed by atoms with E-state index in [1.807, 2.05) is 0 Å². The smallest absolute Gasteiger partial charge is 0.273 e. The molecule has 0 aromatic heterocycles. The van der Waals surface area contributed by atoms with E-state index in [1.54, 1.807) is 0 Å². The number of hydrazine groups is 1. The van der Waals surface area contributed by atoms with Gasteiger partial charge in [-0.2, -0.15) is 8.78 Å². The zero-order valence-corrected chi connectivity index (χ0v) is 10.7. The predicted molar refractivity (Wildman–Crippen MR) is 66.6 cm³/mol. The first-order valence-corrected chi connectivity index (χ1v) is 6.59. The molecule has 19 heavy (non-hydrogen) atoms. The number of hydrogen-bond donors (Lipinski definition) is 2. The third-order valence-electron chi connectivity index (χ3n) is 2.59. The maximum atomic E-state index is 12.1. The van der Waals surface area contributed by atoms with Gasteiger partial charge in [0.25, 0.3) is 11.7 Å². The van der Waals surface area contributed by atoms with Gasteiger partial charge in [0.05, 0.1) is 0 Å². The number of thioether (sulfide) groups is 1. The number of carbonyl (C=O) groups is 2. The molecule has 2 rings (SSSR count). The van der Waals surface area contributed by atoms with Crippen molar-refractivity contribution in [1.82, 2.24) is 10.9 Å². The van der Waals surface area contributed by atoms with Crippen molar-refractivity contribution in [2.45, 2.75) is 23.5 Å². The fourth-order valence-corrected chi connectivity index (χ4v) is 1.92. The van der Waals surface area contributed by atoms with E-state index in [-0.39, 0.29) is 11.8 Å². The fourth-order valence-electron chi connectivity index (χ4n) is 1.43. The predicted octanol–water partition coefficient (Wildman–Crippen LogP) is 2.17. The minimum absolute atomic E-state index is 0.00474. The van der Waals surface area contributed by atoms with Gasteiger partial charge < -0.3 is 0 Å². The monoisotopic (exact) mass is 286 g/mol. The lowest BCUT2D eigenvalue weighted by molar-refractivity contribution is -0.123. The Kier molecular flexibility index (Phi) is 4.36. The Hall–Kier alpha value is -1.63. The summed E-state index contributed by atoms with van der Waals surface area (Å²) in [7, 11) is 0. The second kappa shape index (κ2) is 6.01. The quantitative estimate of drug-likeness (QED) is 0.659. The fraction of sp³-hybridized carbons (Fsp3) is 0.333. The molecule has 1 aliphatic carbocycles. The average molecular weight is 286 g/mol. The third-order valence-corrected chi connectivity index (χ3v) is 3.31. The van der Waals surface area contributed by atoms with Gasteiger partial charge >= 0.3 is 0 Å². The van der Waals surface area contributed by atoms with E-state index < -0.39 is 11.7 Å². The van der Waals surface area contributed by atoms with Crippen molar-refractivity contribution < 1.29 is 18.4 Å². The Morgan fingerprint density at radius 2 is 1.79 bits per heavy atom. The first-order chi connectivity index (χ1) is 9.06. The number of alkyl halides is 2. The third kappa shape index (κ3) is 4.20. The zero-order chi connectivity index (χ0) is 13.8. The van der Waals surface area contributed by atoms with Crippen molar-refractivity contribution in [1.29, 1.82) is 0 Å². The Bertz CT molecular complexity index is 475. The molecule has 0 radical (unpaired) electrons. The molecule has 4 nitrogen and oxygen atoms in total. The number of rotatable bonds is 4. The van der Waals surface area contributed by atoms with Crippen molar-refractivity contribution >= 4 is 23.6 Å². The van der Waals surface area contributed by atoms with Gasteiger partial charge in [0.1, 0.15) is 0 Å². The summed E-state index contributed by atoms with van der Waals surface area (Å²) in [6, 6.07) is 5.75. The molecule has 0 atom stereocenters. The first-order valence-electron chi connectivity index (χ1n) is 5.71. The number of carbonyl (C=O) groups excluding carboxylic acids is 2. The molecule has 0 bridgehead atoms. The van der Waals surface area contributed by atoms with Crippen LogP contribution in [-0.2, 0) is 4.79 Å². The van der Waals surface area contributed by atoms with Gasteiger partial charge in [0, 0.05) is 16.4 Å². The molecule has 0 aliphatic heterocycles. The van der Waals surface area contributed by atoms with Crippen molar-refractivity contribution in [2.24, 2.45) is 5.92 Å². The van der Waals surface area contributed by atoms with Crippen molar-refractivity contribution in [2.75, 3.05) is 0 Å². The molecule has 1 saturated carbocycles. The van der Waals surface area contributed by atoms with Crippen LogP contribution in [0, 0.1) is 5.92 Å². The van der Waals surface area contributed by atoms with Gasteiger partial charge in [0.2, 0.25) is 5.91 Å². The zero-order valence-electron chi connectivity index (χ0n) is 9.86. The molecule has 1 aromatic carbocycles. The van der Waals surface area contributed by atoms with E-state index in [1.165, 1.54) is 24.3 Å². The second-order valence-corrected chi connectivity index (χ2v) is 5.18. The van der Waals surface area contributed by atoms with Gasteiger partial charge in [-0.05, 0) is 37.1 Å². The molecular weight excluding hydrogens is 274 g/mol. The maximum Gasteiger partial charge on any atom is 0.288 e. The van der Waals surface area contributed by atoms with E-state index in [4.69, 9.17) is 0 Å². The van der Waals surface area contributed by atoms with E-state index in [9.17, 15) is 18.4 Å². The molecule has 0 saturated heterocycles. The number of hydrogen-bond acceptors (Lipinski definition) is 3. The summed E-state index contributed by atoms with van der Waals surface area (Å²) in [5.41, 5.74) is 4.91. The molecule has 0 unspecified atom stereocenters. The molecule has 0 heterocycles. The summed E-state index contributed by atoms with van der Waals surface area (Å²) in [5.74, 6) is -3.15. The van der Waals surface area contributed by atoms with Crippen molar-refractivity contribution in [3.8, 4) is 0 Å². The van der Waals surface area contributed by atoms with Gasteiger partial charge in [-0.15, -0.1) is 0 Å². The summed E-state index contributed by atoms with van der Waals surface area (Å²) in [5, 5.41) is 0. The summed E-state index contributed by atoms with van der Waals surface area (Å²) < 4.78 is 24.2. The van der Waals surface area contributed by atoms with Crippen LogP contribution in [0.3, 0.4) is 0 Å². The highest BCUT2D eigenvalue weighted by Crippen LogP contribution is 2.28. The average Bonchev–Trinajstić information content (AvgIpc) is 3.20. The second-order valence-electron chi connectivity index (χ2n) is 4.12. The molecule has 2 N–H and O–H groups in total. The lowest BCUT2D eigenvalue weighted by atomic mass is 10.2. The van der Waals surface area contributed by atoms with Crippen LogP contribution in [0.4, 0.5) is 8.78 Å². The molecule has 0 spiro atoms. The first kappa shape index (κ1) is 13.8. The van der Waals surface area contributed by atoms with Crippen LogP contribution in [0.1, 0.15) is 23.2 Å². The van der Waals surface area contributed by atoms with Crippen LogP contribution in [0.15, 0.2) is 29.2 Å². The standard InChI is InChI=1S/C12H12F2N2O2S/c13-12(14)19-9-5-3-8(4-6-9)11(18)16-15-10(17)7-1-2-7/h3-7,12H,1-2H2,(H,15,17)(H,16,18). The molecule has 102 valence electrons. The SMILES string of the molecule is O=C(NNC(=O)C1CC1)c1ccc(SC(F)F)cc1. The van der Waals surface area contributed by atoms with Gasteiger partial charge in [0.15, 0.2) is 0 Å². The molecule has 1 aliphatic rings. The van der Waals surface area contributed by atoms with Crippen LogP contribution in [-0.4, -0.2) is 17.6 Å². The molecule has 1 aromatic rings. The summed E-state index contributed by atoms with van der Waals surface area (Å²) in [6.07, 6.45) is 1.70. The van der Waals surface area contributed by atoms with E-state index in [2.05, 4.69) is 10.9 Å². The maximum absolute atomic E-state index is 12.1. The summed E-state index contributed by atoms with van der Waals surface area (Å²) in [6.45, 7) is 0. The number of nitrogens with one attached hydrogen (secondary N) is 2. The Morgan fingerprint density at radius 3 is 2.32 bits per heavy atom. The summed E-state index contributed by atoms with van der Waals surface area (Å²) >= 11 is 0.414. The largest absolute Gasteiger partial charge is 0.288 e. The van der Waals surface area contributed by atoms with Crippen LogP contribution in [0.25, 0.3) is 0 Å². The highest BCUT2D eigenvalue weighted by Gasteiger charge is 2.29. The van der Waals surface area contributed by atoms with Gasteiger partial charge in [-0.3, -0.25) is 20.4 Å². The Morgan fingerprint density at radius 1 is 1.16 bits per heavy atom. The van der Waals surface area contributed by atoms with Crippen LogP contribution in [0.2, 0.25) is 0 Å². The Labute approximate surface area is 112 Å². The van der Waals surface area contributed by atoms with E-state index in [0.717, 1.165) is 12.8 Å². The van der Waals surface area contributed by atoms with Crippen LogP contribution < -0.4 is 10.9 Å². The highest BCUT2D eigenvalue weighted by atomic mass is 32.2. The molecular formula is C12H12F2N2O2S.